The van der Waals surface area contributed by atoms with Crippen molar-refractivity contribution in [1.82, 2.24) is 15.0 Å². The number of aromatic nitrogens is 3. The Hall–Kier alpha value is -1.43. The lowest BCUT2D eigenvalue weighted by atomic mass is 10.3. The third kappa shape index (κ3) is 2.29. The number of hydrogen-bond acceptors (Lipinski definition) is 4. The van der Waals surface area contributed by atoms with Gasteiger partial charge in [0.2, 0.25) is 0 Å². The number of nitrogens with two attached hydrogens (primary N) is 1. The summed E-state index contributed by atoms with van der Waals surface area (Å²) in [5.41, 5.74) is 5.98. The van der Waals surface area contributed by atoms with Crippen LogP contribution in [0.4, 0.5) is 0 Å². The van der Waals surface area contributed by atoms with Gasteiger partial charge in [-0.3, -0.25) is 4.79 Å². The van der Waals surface area contributed by atoms with Crippen molar-refractivity contribution >= 4 is 5.91 Å². The van der Waals surface area contributed by atoms with Crippen LogP contribution in [-0.4, -0.2) is 32.6 Å². The van der Waals surface area contributed by atoms with Gasteiger partial charge in [-0.1, -0.05) is 5.21 Å². The Kier molecular flexibility index (Phi) is 3.58. The number of aliphatic hydroxyl groups excluding tert-OH is 1. The zero-order valence-electron chi connectivity index (χ0n) is 8.10. The number of primary amides is 1. The van der Waals surface area contributed by atoms with Crippen molar-refractivity contribution in [2.24, 2.45) is 5.73 Å². The van der Waals surface area contributed by atoms with Crippen molar-refractivity contribution < 1.29 is 9.90 Å². The highest BCUT2D eigenvalue weighted by atomic mass is 16.2. The average molecular weight is 198 g/mol. The van der Waals surface area contributed by atoms with Gasteiger partial charge in [0.25, 0.3) is 5.91 Å². The first-order valence-electron chi connectivity index (χ1n) is 4.47. The number of unbranched alkanes of at least 4 members (excludes halogenated alkanes) is 1. The highest BCUT2D eigenvalue weighted by molar-refractivity contribution is 5.91. The van der Waals surface area contributed by atoms with Gasteiger partial charge in [-0.05, 0) is 19.8 Å². The fraction of sp³-hybridized carbons (Fsp3) is 0.625. The number of aryl methyl sites for hydroxylation is 1. The number of rotatable bonds is 5. The van der Waals surface area contributed by atoms with Crippen LogP contribution < -0.4 is 5.73 Å². The second kappa shape index (κ2) is 4.71. The molecule has 0 aromatic carbocycles. The van der Waals surface area contributed by atoms with E-state index in [9.17, 15) is 4.79 Å². The molecule has 6 nitrogen and oxygen atoms in total. The van der Waals surface area contributed by atoms with E-state index in [1.54, 1.807) is 11.6 Å². The molecule has 0 saturated heterocycles. The van der Waals surface area contributed by atoms with Gasteiger partial charge in [-0.25, -0.2) is 4.68 Å². The smallest absolute Gasteiger partial charge is 0.271 e. The molecule has 3 N–H and O–H groups in total. The van der Waals surface area contributed by atoms with E-state index in [1.807, 2.05) is 0 Å². The van der Waals surface area contributed by atoms with Crippen LogP contribution in [0.25, 0.3) is 0 Å². The summed E-state index contributed by atoms with van der Waals surface area (Å²) in [6, 6.07) is 0. The maximum absolute atomic E-state index is 10.8. The summed E-state index contributed by atoms with van der Waals surface area (Å²) in [5.74, 6) is -0.559. The molecule has 0 radical (unpaired) electrons. The number of carbonyl (C=O) groups is 1. The molecule has 1 rings (SSSR count). The van der Waals surface area contributed by atoms with Gasteiger partial charge in [-0.15, -0.1) is 5.10 Å². The maximum Gasteiger partial charge on any atom is 0.271 e. The average Bonchev–Trinajstić information content (AvgIpc) is 2.48. The molecule has 0 saturated carbocycles. The van der Waals surface area contributed by atoms with Crippen molar-refractivity contribution in [2.75, 3.05) is 6.61 Å². The first-order valence-corrected chi connectivity index (χ1v) is 4.47. The standard InChI is InChI=1S/C8H14N4O2/c1-6-7(8(9)14)10-11-12(6)4-2-3-5-13/h13H,2-5H2,1H3,(H2,9,14). The van der Waals surface area contributed by atoms with E-state index in [-0.39, 0.29) is 12.3 Å². The predicted molar refractivity (Wildman–Crippen MR) is 49.6 cm³/mol. The molecule has 0 aliphatic carbocycles. The fourth-order valence-corrected chi connectivity index (χ4v) is 1.17. The van der Waals surface area contributed by atoms with Crippen LogP contribution in [0, 0.1) is 6.92 Å². The van der Waals surface area contributed by atoms with Crippen LogP contribution in [0.1, 0.15) is 29.0 Å². The molecule has 0 atom stereocenters. The lowest BCUT2D eigenvalue weighted by molar-refractivity contribution is 0.0995. The van der Waals surface area contributed by atoms with Crippen LogP contribution in [0.15, 0.2) is 0 Å². The predicted octanol–water partition coefficient (Wildman–Crippen LogP) is -0.542. The van der Waals surface area contributed by atoms with E-state index in [0.29, 0.717) is 18.7 Å². The van der Waals surface area contributed by atoms with E-state index in [0.717, 1.165) is 6.42 Å². The fourth-order valence-electron chi connectivity index (χ4n) is 1.17. The number of nitrogens with zero attached hydrogens (tertiary/aromatic N) is 3. The monoisotopic (exact) mass is 198 g/mol. The topological polar surface area (TPSA) is 94.0 Å². The van der Waals surface area contributed by atoms with E-state index in [1.165, 1.54) is 0 Å². The van der Waals surface area contributed by atoms with Crippen molar-refractivity contribution in [3.63, 3.8) is 0 Å². The third-order valence-electron chi connectivity index (χ3n) is 1.99. The number of amides is 1. The zero-order chi connectivity index (χ0) is 10.6. The molecule has 0 aliphatic rings. The summed E-state index contributed by atoms with van der Waals surface area (Å²) in [7, 11) is 0. The Morgan fingerprint density at radius 3 is 2.79 bits per heavy atom. The SMILES string of the molecule is Cc1c(C(N)=O)nnn1CCCCO. The summed E-state index contributed by atoms with van der Waals surface area (Å²) in [4.78, 5) is 10.8. The molecule has 1 aromatic heterocycles. The molecule has 1 heterocycles. The van der Waals surface area contributed by atoms with Gasteiger partial charge in [0.1, 0.15) is 0 Å². The molecule has 78 valence electrons. The van der Waals surface area contributed by atoms with Gasteiger partial charge in [0, 0.05) is 13.2 Å². The quantitative estimate of drug-likeness (QED) is 0.621. The molecule has 1 amide bonds. The highest BCUT2D eigenvalue weighted by Crippen LogP contribution is 2.04. The minimum Gasteiger partial charge on any atom is -0.396 e. The van der Waals surface area contributed by atoms with Crippen LogP contribution in [0.5, 0.6) is 0 Å². The normalized spacial score (nSPS) is 10.4. The Labute approximate surface area is 81.7 Å². The van der Waals surface area contributed by atoms with Gasteiger partial charge in [0.05, 0.1) is 5.69 Å². The first-order chi connectivity index (χ1) is 6.66. The molecule has 6 heteroatoms. The van der Waals surface area contributed by atoms with Crippen molar-refractivity contribution in [3.8, 4) is 0 Å². The van der Waals surface area contributed by atoms with E-state index in [4.69, 9.17) is 10.8 Å². The van der Waals surface area contributed by atoms with Crippen LogP contribution in [0.3, 0.4) is 0 Å². The Bertz CT molecular complexity index is 321. The summed E-state index contributed by atoms with van der Waals surface area (Å²) >= 11 is 0. The van der Waals surface area contributed by atoms with Crippen molar-refractivity contribution in [2.45, 2.75) is 26.3 Å². The molecule has 14 heavy (non-hydrogen) atoms. The largest absolute Gasteiger partial charge is 0.396 e. The van der Waals surface area contributed by atoms with Crippen molar-refractivity contribution in [1.29, 1.82) is 0 Å². The van der Waals surface area contributed by atoms with Gasteiger partial charge < -0.3 is 10.8 Å². The van der Waals surface area contributed by atoms with Crippen LogP contribution in [-0.2, 0) is 6.54 Å². The minimum atomic E-state index is -0.559. The lowest BCUT2D eigenvalue weighted by Gasteiger charge is -2.01. The van der Waals surface area contributed by atoms with Gasteiger partial charge >= 0.3 is 0 Å². The lowest BCUT2D eigenvalue weighted by Crippen LogP contribution is -2.13. The zero-order valence-corrected chi connectivity index (χ0v) is 8.10. The Balaban J connectivity index is 2.65. The van der Waals surface area contributed by atoms with E-state index < -0.39 is 5.91 Å². The number of hydrogen-bond donors (Lipinski definition) is 2. The Morgan fingerprint density at radius 1 is 1.57 bits per heavy atom. The molecule has 0 unspecified atom stereocenters. The summed E-state index contributed by atoms with van der Waals surface area (Å²) < 4.78 is 1.62. The van der Waals surface area contributed by atoms with Crippen LogP contribution >= 0.6 is 0 Å². The second-order valence-corrected chi connectivity index (χ2v) is 3.04. The third-order valence-corrected chi connectivity index (χ3v) is 1.99. The molecule has 0 bridgehead atoms. The van der Waals surface area contributed by atoms with Crippen LogP contribution in [0.2, 0.25) is 0 Å². The van der Waals surface area contributed by atoms with E-state index in [2.05, 4.69) is 10.3 Å². The maximum atomic E-state index is 10.8. The molecular weight excluding hydrogens is 184 g/mol. The number of carbonyl (C=O) groups excluding carboxylic acids is 1. The molecule has 1 aromatic rings. The van der Waals surface area contributed by atoms with Gasteiger partial charge in [-0.2, -0.15) is 0 Å². The molecule has 0 aliphatic heterocycles. The summed E-state index contributed by atoms with van der Waals surface area (Å²) in [5, 5.41) is 16.1. The highest BCUT2D eigenvalue weighted by Gasteiger charge is 2.12. The second-order valence-electron chi connectivity index (χ2n) is 3.04. The van der Waals surface area contributed by atoms with E-state index >= 15 is 0 Å². The molecular formula is C8H14N4O2. The molecule has 0 fully saturated rings. The first kappa shape index (κ1) is 10.6. The number of aliphatic hydroxyl groups is 1. The van der Waals surface area contributed by atoms with Crippen molar-refractivity contribution in [3.05, 3.63) is 11.4 Å². The summed E-state index contributed by atoms with van der Waals surface area (Å²) in [6.45, 7) is 2.56. The van der Waals surface area contributed by atoms with Gasteiger partial charge in [0.15, 0.2) is 5.69 Å². The Morgan fingerprint density at radius 2 is 2.29 bits per heavy atom. The molecule has 0 spiro atoms. The minimum absolute atomic E-state index is 0.163. The summed E-state index contributed by atoms with van der Waals surface area (Å²) in [6.07, 6.45) is 1.52.